The van der Waals surface area contributed by atoms with E-state index in [9.17, 15) is 4.79 Å². The van der Waals surface area contributed by atoms with Crippen molar-refractivity contribution >= 4 is 72.0 Å². The average molecular weight is 504 g/mol. The number of Topliss-reactive ketones (excluding diaryl/α,β-unsaturated/α-hetero) is 1. The van der Waals surface area contributed by atoms with Gasteiger partial charge in [-0.15, -0.1) is 11.3 Å². The summed E-state index contributed by atoms with van der Waals surface area (Å²) in [5.74, 6) is 0.950. The lowest BCUT2D eigenvalue weighted by molar-refractivity contribution is 0.0976. The number of aromatic nitrogens is 4. The number of H-pyrrole nitrogens is 1. The third kappa shape index (κ3) is 2.73. The molecule has 9 heteroatoms. The van der Waals surface area contributed by atoms with Gasteiger partial charge < -0.3 is 4.98 Å². The highest BCUT2D eigenvalue weighted by atomic mass is 79.9. The molecule has 4 aromatic heterocycles. The molecule has 0 atom stereocenters. The van der Waals surface area contributed by atoms with Crippen LogP contribution in [0.5, 0.6) is 0 Å². The summed E-state index contributed by atoms with van der Waals surface area (Å²) in [4.78, 5) is 28.3. The van der Waals surface area contributed by atoms with Gasteiger partial charge in [-0.3, -0.25) is 9.20 Å². The zero-order valence-corrected chi connectivity index (χ0v) is 18.8. The Balaban J connectivity index is 1.69. The van der Waals surface area contributed by atoms with Crippen molar-refractivity contribution in [3.05, 3.63) is 49.7 Å². The second-order valence-electron chi connectivity index (χ2n) is 6.93. The number of nitrogens with one attached hydrogen (secondary N) is 1. The molecule has 0 aliphatic heterocycles. The Labute approximate surface area is 186 Å². The molecule has 1 aliphatic rings. The van der Waals surface area contributed by atoms with Crippen LogP contribution in [0.25, 0.3) is 38.1 Å². The van der Waals surface area contributed by atoms with Crippen molar-refractivity contribution in [2.75, 3.05) is 0 Å². The standard InChI is InChI=1S/C20H12BrClN4OS2/c21-9-4-5-10-11(8-9)24-19(23-10)17-16(14-6-7-15(22)28-14)25-20-26(17)12-2-1-3-13(27)18(12)29-20/h4-8H,1-3H2,(H,23,24). The van der Waals surface area contributed by atoms with Gasteiger partial charge in [-0.2, -0.15) is 0 Å². The maximum Gasteiger partial charge on any atom is 0.195 e. The number of nitrogens with zero attached hydrogens (tertiary/aromatic N) is 3. The van der Waals surface area contributed by atoms with Gasteiger partial charge in [0.2, 0.25) is 0 Å². The van der Waals surface area contributed by atoms with E-state index in [1.54, 1.807) is 0 Å². The molecule has 0 unspecified atom stereocenters. The van der Waals surface area contributed by atoms with Gasteiger partial charge in [-0.25, -0.2) is 9.97 Å². The third-order valence-corrected chi connectivity index (χ3v) is 7.97. The molecular weight excluding hydrogens is 492 g/mol. The molecule has 0 bridgehead atoms. The largest absolute Gasteiger partial charge is 0.337 e. The molecule has 0 radical (unpaired) electrons. The average Bonchev–Trinajstić information content (AvgIpc) is 3.43. The molecule has 5 aromatic rings. The summed E-state index contributed by atoms with van der Waals surface area (Å²) in [6.45, 7) is 0. The van der Waals surface area contributed by atoms with Crippen LogP contribution >= 0.6 is 50.2 Å². The smallest absolute Gasteiger partial charge is 0.195 e. The Morgan fingerprint density at radius 2 is 2.03 bits per heavy atom. The van der Waals surface area contributed by atoms with Crippen LogP contribution in [0.2, 0.25) is 4.34 Å². The summed E-state index contributed by atoms with van der Waals surface area (Å²) in [6, 6.07) is 9.83. The molecular formula is C20H12BrClN4OS2. The molecule has 1 N–H and O–H groups in total. The number of hydrogen-bond acceptors (Lipinski definition) is 5. The van der Waals surface area contributed by atoms with E-state index in [0.717, 1.165) is 66.0 Å². The monoisotopic (exact) mass is 502 g/mol. The van der Waals surface area contributed by atoms with Crippen molar-refractivity contribution in [3.63, 3.8) is 0 Å². The fourth-order valence-electron chi connectivity index (χ4n) is 3.87. The molecule has 4 heterocycles. The number of fused-ring (bicyclic) bond motifs is 4. The first kappa shape index (κ1) is 17.8. The Bertz CT molecular complexity index is 1440. The minimum atomic E-state index is 0.210. The van der Waals surface area contributed by atoms with Crippen LogP contribution in [-0.4, -0.2) is 25.1 Å². The minimum absolute atomic E-state index is 0.210. The topological polar surface area (TPSA) is 63.0 Å². The van der Waals surface area contributed by atoms with Gasteiger partial charge >= 0.3 is 0 Å². The van der Waals surface area contributed by atoms with Crippen LogP contribution < -0.4 is 0 Å². The van der Waals surface area contributed by atoms with E-state index in [2.05, 4.69) is 25.3 Å². The van der Waals surface area contributed by atoms with Gasteiger partial charge in [0, 0.05) is 16.6 Å². The molecule has 6 rings (SSSR count). The molecule has 1 aromatic carbocycles. The van der Waals surface area contributed by atoms with Gasteiger partial charge in [0.15, 0.2) is 16.6 Å². The van der Waals surface area contributed by atoms with E-state index in [1.807, 2.05) is 30.3 Å². The van der Waals surface area contributed by atoms with Crippen LogP contribution in [0.4, 0.5) is 0 Å². The van der Waals surface area contributed by atoms with Gasteiger partial charge in [-0.1, -0.05) is 38.9 Å². The SMILES string of the molecule is O=C1CCCc2c1sc1nc(-c3ccc(Cl)s3)c(-c3nc4ccc(Br)cc4[nH]3)n21. The molecule has 0 saturated heterocycles. The Kier molecular flexibility index (Phi) is 4.00. The first-order chi connectivity index (χ1) is 14.1. The number of carbonyl (C=O) groups is 1. The van der Waals surface area contributed by atoms with Crippen molar-refractivity contribution in [2.24, 2.45) is 0 Å². The van der Waals surface area contributed by atoms with E-state index < -0.39 is 0 Å². The molecule has 0 spiro atoms. The summed E-state index contributed by atoms with van der Waals surface area (Å²) in [5.41, 5.74) is 4.59. The number of aromatic amines is 1. The van der Waals surface area contributed by atoms with Crippen LogP contribution in [0.3, 0.4) is 0 Å². The predicted molar refractivity (Wildman–Crippen MR) is 121 cm³/mol. The molecule has 0 saturated carbocycles. The predicted octanol–water partition coefficient (Wildman–Crippen LogP) is 6.60. The molecule has 144 valence electrons. The molecule has 0 fully saturated rings. The van der Waals surface area contributed by atoms with Crippen molar-refractivity contribution in [1.82, 2.24) is 19.4 Å². The van der Waals surface area contributed by atoms with Crippen LogP contribution in [0.15, 0.2) is 34.8 Å². The molecule has 5 nitrogen and oxygen atoms in total. The van der Waals surface area contributed by atoms with E-state index in [1.165, 1.54) is 22.7 Å². The Morgan fingerprint density at radius 3 is 2.86 bits per heavy atom. The number of carbonyl (C=O) groups excluding carboxylic acids is 1. The summed E-state index contributed by atoms with van der Waals surface area (Å²) in [5, 5.41) is 0. The lowest BCUT2D eigenvalue weighted by atomic mass is 10.0. The molecule has 29 heavy (non-hydrogen) atoms. The second kappa shape index (κ2) is 6.50. The van der Waals surface area contributed by atoms with Crippen LogP contribution in [0.1, 0.15) is 28.2 Å². The van der Waals surface area contributed by atoms with Crippen LogP contribution in [0, 0.1) is 0 Å². The van der Waals surface area contributed by atoms with Gasteiger partial charge in [0.25, 0.3) is 0 Å². The fraction of sp³-hybridized carbons (Fsp3) is 0.150. The fourth-order valence-corrected chi connectivity index (χ4v) is 6.40. The van der Waals surface area contributed by atoms with Crippen molar-refractivity contribution in [1.29, 1.82) is 0 Å². The number of aryl methyl sites for hydroxylation is 1. The number of ketones is 1. The third-order valence-electron chi connectivity index (χ3n) is 5.12. The maximum absolute atomic E-state index is 12.5. The van der Waals surface area contributed by atoms with Crippen molar-refractivity contribution in [3.8, 4) is 22.1 Å². The first-order valence-corrected chi connectivity index (χ1v) is 11.9. The maximum atomic E-state index is 12.5. The van der Waals surface area contributed by atoms with E-state index in [4.69, 9.17) is 21.6 Å². The van der Waals surface area contributed by atoms with Crippen molar-refractivity contribution in [2.45, 2.75) is 19.3 Å². The molecule has 1 aliphatic carbocycles. The van der Waals surface area contributed by atoms with Crippen molar-refractivity contribution < 1.29 is 4.79 Å². The van der Waals surface area contributed by atoms with E-state index in [0.29, 0.717) is 10.8 Å². The zero-order chi connectivity index (χ0) is 19.7. The number of benzene rings is 1. The summed E-state index contributed by atoms with van der Waals surface area (Å²) in [7, 11) is 0. The second-order valence-corrected chi connectivity index (χ2v) is 10.5. The number of thiazole rings is 1. The summed E-state index contributed by atoms with van der Waals surface area (Å²) in [6.07, 6.45) is 2.33. The zero-order valence-electron chi connectivity index (χ0n) is 14.8. The number of thiophene rings is 1. The summed E-state index contributed by atoms with van der Waals surface area (Å²) < 4.78 is 3.82. The highest BCUT2D eigenvalue weighted by Gasteiger charge is 2.29. The van der Waals surface area contributed by atoms with E-state index in [-0.39, 0.29) is 5.78 Å². The highest BCUT2D eigenvalue weighted by molar-refractivity contribution is 9.10. The number of rotatable bonds is 2. The molecule has 0 amide bonds. The number of hydrogen-bond donors (Lipinski definition) is 1. The quantitative estimate of drug-likeness (QED) is 0.295. The van der Waals surface area contributed by atoms with Gasteiger partial charge in [0.05, 0.1) is 25.1 Å². The normalized spacial score (nSPS) is 14.2. The van der Waals surface area contributed by atoms with Gasteiger partial charge in [0.1, 0.15) is 11.4 Å². The summed E-state index contributed by atoms with van der Waals surface area (Å²) >= 11 is 12.7. The lowest BCUT2D eigenvalue weighted by Crippen LogP contribution is -2.10. The first-order valence-electron chi connectivity index (χ1n) is 9.07. The Morgan fingerprint density at radius 1 is 1.14 bits per heavy atom. The number of halogens is 2. The van der Waals surface area contributed by atoms with Gasteiger partial charge in [-0.05, 0) is 43.2 Å². The highest BCUT2D eigenvalue weighted by Crippen LogP contribution is 2.41. The lowest BCUT2D eigenvalue weighted by Gasteiger charge is -2.11. The minimum Gasteiger partial charge on any atom is -0.337 e. The van der Waals surface area contributed by atoms with E-state index >= 15 is 0 Å². The number of imidazole rings is 2. The Hall–Kier alpha value is -2.00. The van der Waals surface area contributed by atoms with Crippen LogP contribution in [-0.2, 0) is 6.42 Å².